The number of hydrogen-bond acceptors (Lipinski definition) is 2. The van der Waals surface area contributed by atoms with Crippen molar-refractivity contribution in [1.29, 1.82) is 0 Å². The van der Waals surface area contributed by atoms with Crippen LogP contribution in [0.15, 0.2) is 0 Å². The van der Waals surface area contributed by atoms with Crippen molar-refractivity contribution >= 4 is 0 Å². The van der Waals surface area contributed by atoms with Crippen LogP contribution in [-0.4, -0.2) is 23.4 Å². The summed E-state index contributed by atoms with van der Waals surface area (Å²) in [4.78, 5) is 0. The molecule has 0 bridgehead atoms. The van der Waals surface area contributed by atoms with Gasteiger partial charge in [0.1, 0.15) is 0 Å². The number of aliphatic hydroxyl groups excluding tert-OH is 1. The topological polar surface area (TPSA) is 29.5 Å². The van der Waals surface area contributed by atoms with E-state index in [0.29, 0.717) is 6.61 Å². The molecule has 0 aliphatic carbocycles. The minimum atomic E-state index is -0.336. The number of ether oxygens (including phenoxy) is 1. The maximum Gasteiger partial charge on any atom is 0.0779 e. The first-order valence-corrected chi connectivity index (χ1v) is 7.16. The fraction of sp³-hybridized carbons (Fsp3) is 1.00. The van der Waals surface area contributed by atoms with Crippen molar-refractivity contribution in [1.82, 2.24) is 0 Å². The Morgan fingerprint density at radius 3 is 1.76 bits per heavy atom. The van der Waals surface area contributed by atoms with Gasteiger partial charge in [0.2, 0.25) is 0 Å². The van der Waals surface area contributed by atoms with E-state index in [1.165, 1.54) is 0 Å². The van der Waals surface area contributed by atoms with E-state index in [2.05, 4.69) is 41.5 Å². The molecule has 0 aliphatic heterocycles. The molecule has 0 saturated heterocycles. The largest absolute Gasteiger partial charge is 0.391 e. The summed E-state index contributed by atoms with van der Waals surface area (Å²) in [6, 6.07) is 0. The molecule has 2 nitrogen and oxygen atoms in total. The number of aliphatic hydroxyl groups is 1. The minimum Gasteiger partial charge on any atom is -0.391 e. The Morgan fingerprint density at radius 1 is 0.941 bits per heavy atom. The molecule has 1 atom stereocenters. The molecule has 0 spiro atoms. The summed E-state index contributed by atoms with van der Waals surface area (Å²) in [5.74, 6) is 0. The zero-order valence-corrected chi connectivity index (χ0v) is 12.7. The van der Waals surface area contributed by atoms with Crippen LogP contribution in [0.5, 0.6) is 0 Å². The molecule has 0 fully saturated rings. The Morgan fingerprint density at radius 2 is 1.41 bits per heavy atom. The highest BCUT2D eigenvalue weighted by molar-refractivity contribution is 4.77. The lowest BCUT2D eigenvalue weighted by Gasteiger charge is -2.32. The van der Waals surface area contributed by atoms with Crippen molar-refractivity contribution < 1.29 is 9.84 Å². The minimum absolute atomic E-state index is 0.0736. The first kappa shape index (κ1) is 16.9. The lowest BCUT2D eigenvalue weighted by molar-refractivity contribution is -0.0822. The third kappa shape index (κ3) is 5.87. The Labute approximate surface area is 108 Å². The smallest absolute Gasteiger partial charge is 0.0779 e. The third-order valence-electron chi connectivity index (χ3n) is 4.56. The van der Waals surface area contributed by atoms with Crippen LogP contribution in [-0.2, 0) is 4.74 Å². The Bertz CT molecular complexity index is 193. The molecule has 0 radical (unpaired) electrons. The van der Waals surface area contributed by atoms with Crippen LogP contribution >= 0.6 is 0 Å². The summed E-state index contributed by atoms with van der Waals surface area (Å²) in [5.41, 5.74) is 0.174. The summed E-state index contributed by atoms with van der Waals surface area (Å²) in [7, 11) is 0. The van der Waals surface area contributed by atoms with Gasteiger partial charge in [-0.3, -0.25) is 0 Å². The van der Waals surface area contributed by atoms with Crippen molar-refractivity contribution in [2.75, 3.05) is 6.61 Å². The molecule has 1 N–H and O–H groups in total. The summed E-state index contributed by atoms with van der Waals surface area (Å²) >= 11 is 0. The van der Waals surface area contributed by atoms with Crippen molar-refractivity contribution in [3.05, 3.63) is 0 Å². The Kier molecular flexibility index (Phi) is 7.34. The van der Waals surface area contributed by atoms with Crippen molar-refractivity contribution in [3.8, 4) is 0 Å². The lowest BCUT2D eigenvalue weighted by atomic mass is 9.79. The lowest BCUT2D eigenvalue weighted by Crippen LogP contribution is -2.33. The van der Waals surface area contributed by atoms with Gasteiger partial charge in [-0.15, -0.1) is 0 Å². The van der Waals surface area contributed by atoms with Gasteiger partial charge >= 0.3 is 0 Å². The number of rotatable bonds is 9. The van der Waals surface area contributed by atoms with Crippen LogP contribution in [0.25, 0.3) is 0 Å². The molecule has 0 saturated carbocycles. The molecule has 0 aromatic rings. The van der Waals surface area contributed by atoms with Gasteiger partial charge in [0, 0.05) is 0 Å². The van der Waals surface area contributed by atoms with E-state index >= 15 is 0 Å². The fourth-order valence-electron chi connectivity index (χ4n) is 1.92. The molecule has 17 heavy (non-hydrogen) atoms. The van der Waals surface area contributed by atoms with Crippen molar-refractivity contribution in [3.63, 3.8) is 0 Å². The van der Waals surface area contributed by atoms with E-state index in [9.17, 15) is 5.11 Å². The highest BCUT2D eigenvalue weighted by Gasteiger charge is 2.26. The van der Waals surface area contributed by atoms with Gasteiger partial charge in [-0.25, -0.2) is 0 Å². The average molecular weight is 244 g/mol. The van der Waals surface area contributed by atoms with Crippen LogP contribution < -0.4 is 0 Å². The summed E-state index contributed by atoms with van der Waals surface area (Å²) in [6.45, 7) is 13.5. The van der Waals surface area contributed by atoms with Gasteiger partial charge in [-0.1, -0.05) is 47.5 Å². The molecule has 0 aliphatic rings. The Balaban J connectivity index is 4.14. The quantitative estimate of drug-likeness (QED) is 0.660. The fourth-order valence-corrected chi connectivity index (χ4v) is 1.92. The molecule has 0 amide bonds. The normalized spacial score (nSPS) is 15.0. The molecule has 0 rings (SSSR count). The summed E-state index contributed by atoms with van der Waals surface area (Å²) in [5, 5.41) is 10.1. The van der Waals surface area contributed by atoms with Gasteiger partial charge in [-0.05, 0) is 31.6 Å². The van der Waals surface area contributed by atoms with E-state index in [4.69, 9.17) is 4.74 Å². The monoisotopic (exact) mass is 244 g/mol. The predicted molar refractivity (Wildman–Crippen MR) is 74.3 cm³/mol. The standard InChI is InChI=1S/C15H32O2/c1-7-14(5,8-2)11-13(16)12-17-15(6,9-3)10-4/h13,16H,7-12H2,1-6H3. The maximum atomic E-state index is 10.1. The second kappa shape index (κ2) is 7.38. The zero-order valence-electron chi connectivity index (χ0n) is 12.7. The van der Waals surface area contributed by atoms with Crippen LogP contribution in [0.3, 0.4) is 0 Å². The molecule has 0 heterocycles. The molecular weight excluding hydrogens is 212 g/mol. The van der Waals surface area contributed by atoms with Gasteiger partial charge in [0.05, 0.1) is 18.3 Å². The van der Waals surface area contributed by atoms with Gasteiger partial charge in [-0.2, -0.15) is 0 Å². The first-order valence-electron chi connectivity index (χ1n) is 7.16. The number of hydrogen-bond donors (Lipinski definition) is 1. The third-order valence-corrected chi connectivity index (χ3v) is 4.56. The highest BCUT2D eigenvalue weighted by Crippen LogP contribution is 2.31. The molecule has 0 aromatic heterocycles. The van der Waals surface area contributed by atoms with E-state index in [1.54, 1.807) is 0 Å². The van der Waals surface area contributed by atoms with Crippen LogP contribution in [0.1, 0.15) is 73.6 Å². The highest BCUT2D eigenvalue weighted by atomic mass is 16.5. The van der Waals surface area contributed by atoms with Crippen molar-refractivity contribution in [2.45, 2.75) is 85.4 Å². The summed E-state index contributed by atoms with van der Waals surface area (Å²) in [6.07, 6.45) is 4.71. The average Bonchev–Trinajstić information content (AvgIpc) is 2.35. The van der Waals surface area contributed by atoms with Gasteiger partial charge in [0.25, 0.3) is 0 Å². The molecule has 1 unspecified atom stereocenters. The SMILES string of the molecule is CCC(C)(CC)CC(O)COC(C)(CC)CC. The van der Waals surface area contributed by atoms with Crippen LogP contribution in [0.4, 0.5) is 0 Å². The van der Waals surface area contributed by atoms with E-state index < -0.39 is 0 Å². The Hall–Kier alpha value is -0.0800. The van der Waals surface area contributed by atoms with Crippen LogP contribution in [0.2, 0.25) is 0 Å². The zero-order chi connectivity index (χ0) is 13.5. The first-order chi connectivity index (χ1) is 7.84. The second-order valence-electron chi connectivity index (χ2n) is 5.84. The van der Waals surface area contributed by atoms with E-state index in [1.807, 2.05) is 0 Å². The maximum absolute atomic E-state index is 10.1. The van der Waals surface area contributed by atoms with Crippen LogP contribution in [0, 0.1) is 5.41 Å². The molecule has 0 aromatic carbocycles. The second-order valence-corrected chi connectivity index (χ2v) is 5.84. The van der Waals surface area contributed by atoms with Crippen molar-refractivity contribution in [2.24, 2.45) is 5.41 Å². The molecular formula is C15H32O2. The summed E-state index contributed by atoms with van der Waals surface area (Å²) < 4.78 is 5.87. The van der Waals surface area contributed by atoms with E-state index in [-0.39, 0.29) is 17.1 Å². The van der Waals surface area contributed by atoms with E-state index in [0.717, 1.165) is 32.1 Å². The molecule has 104 valence electrons. The molecule has 2 heteroatoms. The predicted octanol–water partition coefficient (Wildman–Crippen LogP) is 4.16. The van der Waals surface area contributed by atoms with Gasteiger partial charge < -0.3 is 9.84 Å². The van der Waals surface area contributed by atoms with Gasteiger partial charge in [0.15, 0.2) is 0 Å².